The summed E-state index contributed by atoms with van der Waals surface area (Å²) in [6.07, 6.45) is 3.57. The lowest BCUT2D eigenvalue weighted by atomic mass is 9.80. The standard InChI is InChI=1S/C14H21BrN2O2S/c1-9-5-10(2)7-11(6-9)17-14-4-3-12(8-13(14)15)20(16,18)19/h3-4,8-11,17H,5-7H2,1-2H3,(H2,16,18,19). The first kappa shape index (κ1) is 15.8. The summed E-state index contributed by atoms with van der Waals surface area (Å²) in [5.41, 5.74) is 0.920. The number of nitrogens with two attached hydrogens (primary N) is 1. The SMILES string of the molecule is CC1CC(C)CC(Nc2ccc(S(N)(=O)=O)cc2Br)C1. The highest BCUT2D eigenvalue weighted by atomic mass is 79.9. The van der Waals surface area contributed by atoms with E-state index in [2.05, 4.69) is 35.1 Å². The molecule has 112 valence electrons. The fourth-order valence-electron chi connectivity index (χ4n) is 3.07. The van der Waals surface area contributed by atoms with Gasteiger partial charge in [0, 0.05) is 16.2 Å². The van der Waals surface area contributed by atoms with Crippen molar-refractivity contribution in [2.45, 2.75) is 44.0 Å². The molecule has 3 N–H and O–H groups in total. The lowest BCUT2D eigenvalue weighted by molar-refractivity contribution is 0.281. The van der Waals surface area contributed by atoms with Crippen LogP contribution in [0.2, 0.25) is 0 Å². The van der Waals surface area contributed by atoms with Crippen LogP contribution in [-0.2, 0) is 10.0 Å². The Labute approximate surface area is 129 Å². The topological polar surface area (TPSA) is 72.2 Å². The van der Waals surface area contributed by atoms with Gasteiger partial charge in [-0.05, 0) is 65.2 Å². The van der Waals surface area contributed by atoms with E-state index >= 15 is 0 Å². The van der Waals surface area contributed by atoms with Crippen LogP contribution in [0.15, 0.2) is 27.6 Å². The third kappa shape index (κ3) is 3.96. The van der Waals surface area contributed by atoms with Crippen molar-refractivity contribution in [1.29, 1.82) is 0 Å². The molecule has 20 heavy (non-hydrogen) atoms. The smallest absolute Gasteiger partial charge is 0.238 e. The molecule has 2 atom stereocenters. The third-order valence-corrected chi connectivity index (χ3v) is 5.37. The van der Waals surface area contributed by atoms with E-state index in [0.29, 0.717) is 6.04 Å². The van der Waals surface area contributed by atoms with Crippen LogP contribution in [0.1, 0.15) is 33.1 Å². The fraction of sp³-hybridized carbons (Fsp3) is 0.571. The van der Waals surface area contributed by atoms with E-state index in [-0.39, 0.29) is 4.90 Å². The van der Waals surface area contributed by atoms with E-state index in [4.69, 9.17) is 5.14 Å². The van der Waals surface area contributed by atoms with Gasteiger partial charge in [0.25, 0.3) is 0 Å². The summed E-state index contributed by atoms with van der Waals surface area (Å²) in [4.78, 5) is 0.125. The molecule has 0 radical (unpaired) electrons. The second-order valence-corrected chi connectivity index (χ2v) is 8.36. The van der Waals surface area contributed by atoms with Crippen molar-refractivity contribution in [3.8, 4) is 0 Å². The van der Waals surface area contributed by atoms with Crippen LogP contribution < -0.4 is 10.5 Å². The van der Waals surface area contributed by atoms with Crippen molar-refractivity contribution in [2.75, 3.05) is 5.32 Å². The van der Waals surface area contributed by atoms with Gasteiger partial charge in [-0.1, -0.05) is 13.8 Å². The highest BCUT2D eigenvalue weighted by molar-refractivity contribution is 9.10. The van der Waals surface area contributed by atoms with Gasteiger partial charge < -0.3 is 5.32 Å². The van der Waals surface area contributed by atoms with Gasteiger partial charge in [-0.3, -0.25) is 0 Å². The van der Waals surface area contributed by atoms with Crippen molar-refractivity contribution in [3.63, 3.8) is 0 Å². The van der Waals surface area contributed by atoms with E-state index in [1.54, 1.807) is 12.1 Å². The maximum absolute atomic E-state index is 11.3. The van der Waals surface area contributed by atoms with Gasteiger partial charge in [0.2, 0.25) is 10.0 Å². The summed E-state index contributed by atoms with van der Waals surface area (Å²) in [6, 6.07) is 5.30. The number of rotatable bonds is 3. The quantitative estimate of drug-likeness (QED) is 0.867. The van der Waals surface area contributed by atoms with Crippen LogP contribution in [0, 0.1) is 11.8 Å². The Balaban J connectivity index is 2.14. The normalized spacial score (nSPS) is 27.3. The lowest BCUT2D eigenvalue weighted by Gasteiger charge is -2.32. The number of benzene rings is 1. The number of hydrogen-bond acceptors (Lipinski definition) is 3. The van der Waals surface area contributed by atoms with Gasteiger partial charge in [0.15, 0.2) is 0 Å². The molecule has 0 saturated heterocycles. The van der Waals surface area contributed by atoms with Gasteiger partial charge in [0.05, 0.1) is 4.90 Å². The maximum Gasteiger partial charge on any atom is 0.238 e. The predicted octanol–water partition coefficient (Wildman–Crippen LogP) is 3.33. The molecule has 1 saturated carbocycles. The predicted molar refractivity (Wildman–Crippen MR) is 85.1 cm³/mol. The average molecular weight is 361 g/mol. The van der Waals surface area contributed by atoms with Crippen LogP contribution in [0.4, 0.5) is 5.69 Å². The van der Waals surface area contributed by atoms with Crippen LogP contribution in [0.3, 0.4) is 0 Å². The molecule has 2 unspecified atom stereocenters. The van der Waals surface area contributed by atoms with Gasteiger partial charge in [-0.25, -0.2) is 13.6 Å². The Morgan fingerprint density at radius 1 is 1.20 bits per heavy atom. The molecule has 1 aliphatic carbocycles. The summed E-state index contributed by atoms with van der Waals surface area (Å²) < 4.78 is 23.3. The number of primary sulfonamides is 1. The molecule has 0 bridgehead atoms. The first-order valence-electron chi connectivity index (χ1n) is 6.84. The third-order valence-electron chi connectivity index (χ3n) is 3.81. The van der Waals surface area contributed by atoms with Crippen molar-refractivity contribution < 1.29 is 8.42 Å². The van der Waals surface area contributed by atoms with Crippen LogP contribution >= 0.6 is 15.9 Å². The molecule has 0 aliphatic heterocycles. The van der Waals surface area contributed by atoms with E-state index < -0.39 is 10.0 Å². The Morgan fingerprint density at radius 3 is 2.30 bits per heavy atom. The van der Waals surface area contributed by atoms with E-state index in [0.717, 1.165) is 34.8 Å². The van der Waals surface area contributed by atoms with Crippen LogP contribution in [0.25, 0.3) is 0 Å². The first-order valence-corrected chi connectivity index (χ1v) is 9.18. The monoisotopic (exact) mass is 360 g/mol. The molecule has 1 aliphatic rings. The summed E-state index contributed by atoms with van der Waals surface area (Å²) in [5.74, 6) is 1.44. The van der Waals surface area contributed by atoms with Crippen LogP contribution in [-0.4, -0.2) is 14.5 Å². The Kier molecular flexibility index (Phi) is 4.76. The number of nitrogens with one attached hydrogen (secondary N) is 1. The minimum absolute atomic E-state index is 0.125. The second kappa shape index (κ2) is 6.03. The van der Waals surface area contributed by atoms with Crippen molar-refractivity contribution in [3.05, 3.63) is 22.7 Å². The van der Waals surface area contributed by atoms with E-state index in [9.17, 15) is 8.42 Å². The zero-order valence-corrected chi connectivity index (χ0v) is 14.2. The minimum atomic E-state index is -3.65. The van der Waals surface area contributed by atoms with Gasteiger partial charge in [0.1, 0.15) is 0 Å². The summed E-state index contributed by atoms with van der Waals surface area (Å²) in [7, 11) is -3.65. The Hall–Kier alpha value is -0.590. The molecular formula is C14H21BrN2O2S. The van der Waals surface area contributed by atoms with Gasteiger partial charge in [-0.2, -0.15) is 0 Å². The molecule has 0 spiro atoms. The van der Waals surface area contributed by atoms with E-state index in [1.165, 1.54) is 12.5 Å². The minimum Gasteiger partial charge on any atom is -0.381 e. The Morgan fingerprint density at radius 2 is 1.80 bits per heavy atom. The van der Waals surface area contributed by atoms with Crippen molar-refractivity contribution in [1.82, 2.24) is 0 Å². The molecular weight excluding hydrogens is 340 g/mol. The highest BCUT2D eigenvalue weighted by Crippen LogP contribution is 2.33. The molecule has 1 aromatic rings. The molecule has 0 heterocycles. The van der Waals surface area contributed by atoms with Crippen molar-refractivity contribution >= 4 is 31.6 Å². The van der Waals surface area contributed by atoms with Gasteiger partial charge >= 0.3 is 0 Å². The molecule has 6 heteroatoms. The zero-order valence-electron chi connectivity index (χ0n) is 11.8. The molecule has 4 nitrogen and oxygen atoms in total. The number of anilines is 1. The molecule has 0 aromatic heterocycles. The number of sulfonamides is 1. The molecule has 1 fully saturated rings. The summed E-state index contributed by atoms with van der Waals surface area (Å²) >= 11 is 3.41. The zero-order chi connectivity index (χ0) is 14.9. The number of hydrogen-bond donors (Lipinski definition) is 2. The fourth-order valence-corrected chi connectivity index (χ4v) is 4.26. The lowest BCUT2D eigenvalue weighted by Crippen LogP contribution is -2.30. The Bertz CT molecular complexity index is 579. The largest absolute Gasteiger partial charge is 0.381 e. The van der Waals surface area contributed by atoms with Crippen molar-refractivity contribution in [2.24, 2.45) is 17.0 Å². The van der Waals surface area contributed by atoms with Crippen LogP contribution in [0.5, 0.6) is 0 Å². The highest BCUT2D eigenvalue weighted by Gasteiger charge is 2.24. The molecule has 2 rings (SSSR count). The molecule has 1 aromatic carbocycles. The average Bonchev–Trinajstić information content (AvgIpc) is 2.29. The summed E-state index contributed by atoms with van der Waals surface area (Å²) in [5, 5.41) is 8.63. The maximum atomic E-state index is 11.3. The molecule has 0 amide bonds. The van der Waals surface area contributed by atoms with E-state index in [1.807, 2.05) is 0 Å². The summed E-state index contributed by atoms with van der Waals surface area (Å²) in [6.45, 7) is 4.56. The number of halogens is 1. The first-order chi connectivity index (χ1) is 9.25. The second-order valence-electron chi connectivity index (χ2n) is 5.95. The van der Waals surface area contributed by atoms with Gasteiger partial charge in [-0.15, -0.1) is 0 Å².